The molecule has 0 radical (unpaired) electrons. The summed E-state index contributed by atoms with van der Waals surface area (Å²) in [6.45, 7) is 8.03. The highest BCUT2D eigenvalue weighted by atomic mass is 19.4. The van der Waals surface area contributed by atoms with E-state index in [-0.39, 0.29) is 31.6 Å². The molecule has 0 aromatic heterocycles. The molecule has 41 heavy (non-hydrogen) atoms. The number of hydrogen-bond acceptors (Lipinski definition) is 3. The zero-order valence-electron chi connectivity index (χ0n) is 23.5. The molecule has 1 heterocycles. The standard InChI is InChI=1S/C29H34F7N3O2/c1-17(2)14-38(10-9-30)15-27(16-39(25(40)20(27)5)24-18(3)7-6-8-19(24)4)26(41)37-23-12-21(28(31,32)33)11-22(13-23)29(34,35)36/h6-8,11-13,17,20H,9-10,14-16H2,1-5H3,(H,37,41)/t20-,27-/m1/s1. The molecule has 5 nitrogen and oxygen atoms in total. The number of rotatable bonds is 9. The number of benzene rings is 2. The van der Waals surface area contributed by atoms with Gasteiger partial charge in [0.05, 0.1) is 22.5 Å². The van der Waals surface area contributed by atoms with E-state index in [1.54, 1.807) is 36.9 Å². The van der Waals surface area contributed by atoms with E-state index in [0.717, 1.165) is 11.1 Å². The molecule has 0 aliphatic carbocycles. The lowest BCUT2D eigenvalue weighted by atomic mass is 9.77. The van der Waals surface area contributed by atoms with Crippen LogP contribution in [0.3, 0.4) is 0 Å². The summed E-state index contributed by atoms with van der Waals surface area (Å²) in [4.78, 5) is 30.8. The van der Waals surface area contributed by atoms with Crippen LogP contribution in [0.5, 0.6) is 0 Å². The highest BCUT2D eigenvalue weighted by Gasteiger charge is 2.56. The number of nitrogens with zero attached hydrogens (tertiary/aromatic N) is 2. The second-order valence-electron chi connectivity index (χ2n) is 11.1. The number of aryl methyl sites for hydroxylation is 2. The van der Waals surface area contributed by atoms with Crippen molar-refractivity contribution in [1.82, 2.24) is 4.90 Å². The number of carbonyl (C=O) groups is 2. The molecule has 0 unspecified atom stereocenters. The highest BCUT2D eigenvalue weighted by molar-refractivity contribution is 6.08. The fourth-order valence-corrected chi connectivity index (χ4v) is 5.47. The van der Waals surface area contributed by atoms with Crippen molar-refractivity contribution in [3.8, 4) is 0 Å². The number of hydrogen-bond donors (Lipinski definition) is 1. The Kier molecular flexibility index (Phi) is 9.46. The predicted molar refractivity (Wildman–Crippen MR) is 142 cm³/mol. The molecule has 2 aromatic rings. The van der Waals surface area contributed by atoms with Crippen LogP contribution in [0.2, 0.25) is 0 Å². The van der Waals surface area contributed by atoms with Gasteiger partial charge in [-0.15, -0.1) is 0 Å². The molecule has 0 saturated carbocycles. The Morgan fingerprint density at radius 3 is 2.05 bits per heavy atom. The van der Waals surface area contributed by atoms with Gasteiger partial charge in [0.2, 0.25) is 11.8 Å². The maximum absolute atomic E-state index is 14.0. The quantitative estimate of drug-likeness (QED) is 0.325. The van der Waals surface area contributed by atoms with Crippen LogP contribution < -0.4 is 10.2 Å². The van der Waals surface area contributed by atoms with Gasteiger partial charge >= 0.3 is 12.4 Å². The minimum absolute atomic E-state index is 0.0263. The monoisotopic (exact) mass is 589 g/mol. The van der Waals surface area contributed by atoms with Gasteiger partial charge in [0.25, 0.3) is 0 Å². The van der Waals surface area contributed by atoms with Crippen molar-refractivity contribution >= 4 is 23.2 Å². The summed E-state index contributed by atoms with van der Waals surface area (Å²) in [5, 5.41) is 2.26. The first-order valence-corrected chi connectivity index (χ1v) is 13.2. The van der Waals surface area contributed by atoms with E-state index in [0.29, 0.717) is 24.4 Å². The van der Waals surface area contributed by atoms with Gasteiger partial charge in [-0.1, -0.05) is 39.0 Å². The minimum atomic E-state index is -5.11. The number of para-hydroxylation sites is 1. The van der Waals surface area contributed by atoms with Gasteiger partial charge in [0.1, 0.15) is 6.67 Å². The molecule has 1 aliphatic rings. The predicted octanol–water partition coefficient (Wildman–Crippen LogP) is 6.88. The van der Waals surface area contributed by atoms with E-state index in [1.165, 1.54) is 11.8 Å². The Labute approximate surface area is 234 Å². The third-order valence-corrected chi connectivity index (χ3v) is 7.44. The molecular weight excluding hydrogens is 555 g/mol. The van der Waals surface area contributed by atoms with E-state index < -0.39 is 59.0 Å². The molecule has 226 valence electrons. The van der Waals surface area contributed by atoms with E-state index >= 15 is 0 Å². The second kappa shape index (κ2) is 12.0. The Bertz CT molecular complexity index is 1220. The van der Waals surface area contributed by atoms with Crippen molar-refractivity contribution in [2.75, 3.05) is 43.1 Å². The molecule has 0 bridgehead atoms. The number of anilines is 2. The Balaban J connectivity index is 2.13. The molecule has 1 aliphatic heterocycles. The molecule has 2 amide bonds. The van der Waals surface area contributed by atoms with Gasteiger partial charge in [-0.25, -0.2) is 4.39 Å². The second-order valence-corrected chi connectivity index (χ2v) is 11.1. The third-order valence-electron chi connectivity index (χ3n) is 7.44. The van der Waals surface area contributed by atoms with Crippen molar-refractivity contribution in [2.24, 2.45) is 17.3 Å². The molecule has 2 atom stereocenters. The fourth-order valence-electron chi connectivity index (χ4n) is 5.47. The van der Waals surface area contributed by atoms with Crippen LogP contribution in [0.4, 0.5) is 42.1 Å². The van der Waals surface area contributed by atoms with E-state index in [4.69, 9.17) is 0 Å². The van der Waals surface area contributed by atoms with Crippen LogP contribution in [0.25, 0.3) is 0 Å². The minimum Gasteiger partial charge on any atom is -0.325 e. The molecule has 1 N–H and O–H groups in total. The van der Waals surface area contributed by atoms with E-state index in [2.05, 4.69) is 5.32 Å². The molecule has 1 saturated heterocycles. The lowest BCUT2D eigenvalue weighted by molar-refractivity contribution is -0.143. The summed E-state index contributed by atoms with van der Waals surface area (Å²) in [5.74, 6) is -2.33. The molecule has 12 heteroatoms. The normalized spacial score (nSPS) is 19.9. The van der Waals surface area contributed by atoms with Gasteiger partial charge in [-0.05, 0) is 49.1 Å². The molecule has 1 fully saturated rings. The zero-order chi connectivity index (χ0) is 30.9. The van der Waals surface area contributed by atoms with Gasteiger partial charge in [0.15, 0.2) is 0 Å². The number of halogens is 7. The van der Waals surface area contributed by atoms with Crippen LogP contribution in [-0.2, 0) is 21.9 Å². The first kappa shape index (κ1) is 32.4. The van der Waals surface area contributed by atoms with Crippen molar-refractivity contribution in [3.63, 3.8) is 0 Å². The van der Waals surface area contributed by atoms with Crippen LogP contribution >= 0.6 is 0 Å². The maximum atomic E-state index is 14.0. The molecule has 2 aromatic carbocycles. The van der Waals surface area contributed by atoms with Gasteiger partial charge in [-0.2, -0.15) is 26.3 Å². The van der Waals surface area contributed by atoms with E-state index in [9.17, 15) is 40.3 Å². The van der Waals surface area contributed by atoms with Crippen molar-refractivity contribution in [2.45, 2.75) is 47.0 Å². The highest BCUT2D eigenvalue weighted by Crippen LogP contribution is 2.44. The summed E-state index contributed by atoms with van der Waals surface area (Å²) in [5.41, 5.74) is -3.43. The summed E-state index contributed by atoms with van der Waals surface area (Å²) in [6.07, 6.45) is -10.2. The van der Waals surface area contributed by atoms with E-state index in [1.807, 2.05) is 13.8 Å². The molecule has 3 rings (SSSR count). The van der Waals surface area contributed by atoms with Crippen molar-refractivity contribution in [3.05, 3.63) is 58.7 Å². The summed E-state index contributed by atoms with van der Waals surface area (Å²) in [7, 11) is 0. The fraction of sp³-hybridized carbons (Fsp3) is 0.517. The average molecular weight is 590 g/mol. The van der Waals surface area contributed by atoms with Crippen LogP contribution in [0.1, 0.15) is 43.0 Å². The van der Waals surface area contributed by atoms with Crippen LogP contribution in [-0.4, -0.2) is 49.6 Å². The number of carbonyl (C=O) groups excluding carboxylic acids is 2. The SMILES string of the molecule is Cc1cccc(C)c1N1C[C@@](CN(CCF)CC(C)C)(C(=O)Nc2cc(C(F)(F)F)cc(C(F)(F)F)c2)[C@H](C)C1=O. The maximum Gasteiger partial charge on any atom is 0.416 e. The first-order chi connectivity index (χ1) is 18.9. The first-order valence-electron chi connectivity index (χ1n) is 13.2. The number of amides is 2. The number of nitrogens with one attached hydrogen (secondary N) is 1. The smallest absolute Gasteiger partial charge is 0.325 e. The van der Waals surface area contributed by atoms with Crippen LogP contribution in [0.15, 0.2) is 36.4 Å². The largest absolute Gasteiger partial charge is 0.416 e. The zero-order valence-corrected chi connectivity index (χ0v) is 23.5. The summed E-state index contributed by atoms with van der Waals surface area (Å²) < 4.78 is 94.4. The third kappa shape index (κ3) is 7.02. The van der Waals surface area contributed by atoms with Gasteiger partial charge in [0, 0.05) is 37.6 Å². The Morgan fingerprint density at radius 2 is 1.59 bits per heavy atom. The van der Waals surface area contributed by atoms with Crippen molar-refractivity contribution in [1.29, 1.82) is 0 Å². The lowest BCUT2D eigenvalue weighted by Gasteiger charge is -2.36. The summed E-state index contributed by atoms with van der Waals surface area (Å²) in [6, 6.07) is 6.21. The lowest BCUT2D eigenvalue weighted by Crippen LogP contribution is -2.51. The van der Waals surface area contributed by atoms with Crippen molar-refractivity contribution < 1.29 is 40.3 Å². The Morgan fingerprint density at radius 1 is 1.05 bits per heavy atom. The Hall–Kier alpha value is -3.15. The number of alkyl halides is 7. The van der Waals surface area contributed by atoms with Crippen LogP contribution in [0, 0.1) is 31.1 Å². The topological polar surface area (TPSA) is 52.6 Å². The van der Waals surface area contributed by atoms with Gasteiger partial charge < -0.3 is 10.2 Å². The average Bonchev–Trinajstić information content (AvgIpc) is 3.08. The van der Waals surface area contributed by atoms with Gasteiger partial charge in [-0.3, -0.25) is 14.5 Å². The molecular formula is C29H34F7N3O2. The molecule has 0 spiro atoms. The summed E-state index contributed by atoms with van der Waals surface area (Å²) >= 11 is 0.